The van der Waals surface area contributed by atoms with Gasteiger partial charge in [0, 0.05) is 11.5 Å². The summed E-state index contributed by atoms with van der Waals surface area (Å²) in [5.41, 5.74) is 3.80. The topological polar surface area (TPSA) is 23.5 Å². The summed E-state index contributed by atoms with van der Waals surface area (Å²) < 4.78 is 2.27. The molecular weight excluding hydrogens is 301 g/mol. The zero-order valence-electron chi connectivity index (χ0n) is 9.29. The summed E-state index contributed by atoms with van der Waals surface area (Å²) >= 11 is 2.36. The first-order valence-electron chi connectivity index (χ1n) is 5.17. The van der Waals surface area contributed by atoms with E-state index in [4.69, 9.17) is 5.11 Å². The second-order valence-corrected chi connectivity index (χ2v) is 5.76. The van der Waals surface area contributed by atoms with E-state index in [0.29, 0.717) is 6.04 Å². The van der Waals surface area contributed by atoms with Gasteiger partial charge in [-0.2, -0.15) is 0 Å². The minimum atomic E-state index is 0.118. The highest BCUT2D eigenvalue weighted by atomic mass is 127. The summed E-state index contributed by atoms with van der Waals surface area (Å²) in [5, 5.41) is 9.13. The second-order valence-electron chi connectivity index (χ2n) is 4.72. The summed E-state index contributed by atoms with van der Waals surface area (Å²) in [6.07, 6.45) is 0. The Morgan fingerprint density at radius 3 is 2.73 bits per heavy atom. The molecule has 82 valence electrons. The smallest absolute Gasteiger partial charge is 0.0682 e. The van der Waals surface area contributed by atoms with Gasteiger partial charge in [-0.15, -0.1) is 0 Å². The predicted molar refractivity (Wildman–Crippen MR) is 71.4 cm³/mol. The molecule has 0 aliphatic carbocycles. The Bertz CT molecular complexity index is 389. The van der Waals surface area contributed by atoms with Crippen molar-refractivity contribution in [2.24, 2.45) is 0 Å². The van der Waals surface area contributed by atoms with Gasteiger partial charge in [0.2, 0.25) is 0 Å². The van der Waals surface area contributed by atoms with Crippen LogP contribution >= 0.6 is 22.9 Å². The minimum absolute atomic E-state index is 0.118. The van der Waals surface area contributed by atoms with Gasteiger partial charge in [-0.05, 0) is 24.1 Å². The number of aliphatic hydroxyl groups excluding tert-OH is 1. The molecule has 15 heavy (non-hydrogen) atoms. The SMILES string of the molecule is CC1N(I)c2cc(CO)ccc2C1(C)C. The number of hydrogen-bond acceptors (Lipinski definition) is 2. The van der Waals surface area contributed by atoms with Crippen molar-refractivity contribution in [1.82, 2.24) is 0 Å². The minimum Gasteiger partial charge on any atom is -0.392 e. The lowest BCUT2D eigenvalue weighted by Gasteiger charge is -2.26. The first kappa shape index (κ1) is 11.2. The Balaban J connectivity index is 2.56. The van der Waals surface area contributed by atoms with E-state index in [1.165, 1.54) is 11.3 Å². The standard InChI is InChI=1S/C12H16INO/c1-8-12(2,3)10-5-4-9(7-15)6-11(10)14(8)13/h4-6,8,15H,7H2,1-3H3. The van der Waals surface area contributed by atoms with E-state index < -0.39 is 0 Å². The van der Waals surface area contributed by atoms with Crippen LogP contribution in [0, 0.1) is 0 Å². The maximum atomic E-state index is 9.13. The van der Waals surface area contributed by atoms with E-state index in [1.807, 2.05) is 6.07 Å². The molecule has 1 N–H and O–H groups in total. The molecule has 0 amide bonds. The van der Waals surface area contributed by atoms with Crippen LogP contribution < -0.4 is 3.11 Å². The fourth-order valence-electron chi connectivity index (χ4n) is 2.11. The molecule has 1 aromatic carbocycles. The molecule has 1 unspecified atom stereocenters. The highest BCUT2D eigenvalue weighted by molar-refractivity contribution is 14.1. The molecule has 0 saturated heterocycles. The van der Waals surface area contributed by atoms with Gasteiger partial charge in [-0.1, -0.05) is 26.0 Å². The fourth-order valence-corrected chi connectivity index (χ4v) is 3.21. The van der Waals surface area contributed by atoms with E-state index in [-0.39, 0.29) is 12.0 Å². The molecule has 0 radical (unpaired) electrons. The Kier molecular flexibility index (Phi) is 2.71. The number of hydrogen-bond donors (Lipinski definition) is 1. The van der Waals surface area contributed by atoms with Crippen molar-refractivity contribution in [3.8, 4) is 0 Å². The van der Waals surface area contributed by atoms with Gasteiger partial charge < -0.3 is 8.22 Å². The van der Waals surface area contributed by atoms with Crippen molar-refractivity contribution in [2.75, 3.05) is 3.11 Å². The molecule has 0 spiro atoms. The lowest BCUT2D eigenvalue weighted by Crippen LogP contribution is -2.33. The molecule has 0 bridgehead atoms. The summed E-state index contributed by atoms with van der Waals surface area (Å²) in [5.74, 6) is 0. The molecular formula is C12H16INO. The second kappa shape index (κ2) is 3.63. The van der Waals surface area contributed by atoms with Gasteiger partial charge in [0.1, 0.15) is 0 Å². The largest absolute Gasteiger partial charge is 0.392 e. The molecule has 1 aliphatic rings. The maximum absolute atomic E-state index is 9.13. The number of halogens is 1. The third kappa shape index (κ3) is 1.56. The Morgan fingerprint density at radius 2 is 2.13 bits per heavy atom. The van der Waals surface area contributed by atoms with E-state index in [9.17, 15) is 0 Å². The molecule has 2 rings (SSSR count). The van der Waals surface area contributed by atoms with Gasteiger partial charge in [0.15, 0.2) is 0 Å². The van der Waals surface area contributed by atoms with Gasteiger partial charge in [0.25, 0.3) is 0 Å². The van der Waals surface area contributed by atoms with Crippen LogP contribution in [0.3, 0.4) is 0 Å². The third-order valence-electron chi connectivity index (χ3n) is 3.55. The van der Waals surface area contributed by atoms with Crippen molar-refractivity contribution in [1.29, 1.82) is 0 Å². The Hall–Kier alpha value is -0.290. The van der Waals surface area contributed by atoms with Crippen molar-refractivity contribution < 1.29 is 5.11 Å². The summed E-state index contributed by atoms with van der Waals surface area (Å²) in [6.45, 7) is 6.90. The number of benzene rings is 1. The van der Waals surface area contributed by atoms with Crippen molar-refractivity contribution >= 4 is 28.6 Å². The van der Waals surface area contributed by atoms with E-state index in [0.717, 1.165) is 5.56 Å². The molecule has 1 aromatic rings. The highest BCUT2D eigenvalue weighted by Crippen LogP contribution is 2.46. The normalized spacial score (nSPS) is 23.0. The van der Waals surface area contributed by atoms with Crippen LogP contribution in [0.25, 0.3) is 0 Å². The lowest BCUT2D eigenvalue weighted by atomic mass is 9.81. The summed E-state index contributed by atoms with van der Waals surface area (Å²) in [7, 11) is 0. The highest BCUT2D eigenvalue weighted by Gasteiger charge is 2.40. The Labute approximate surface area is 105 Å². The van der Waals surface area contributed by atoms with E-state index >= 15 is 0 Å². The molecule has 1 heterocycles. The molecule has 0 saturated carbocycles. The third-order valence-corrected chi connectivity index (χ3v) is 4.91. The number of nitrogens with zero attached hydrogens (tertiary/aromatic N) is 1. The van der Waals surface area contributed by atoms with E-state index in [1.54, 1.807) is 0 Å². The zero-order valence-corrected chi connectivity index (χ0v) is 11.4. The maximum Gasteiger partial charge on any atom is 0.0682 e. The van der Waals surface area contributed by atoms with Gasteiger partial charge in [-0.25, -0.2) is 0 Å². The first-order chi connectivity index (χ1) is 6.98. The van der Waals surface area contributed by atoms with Crippen molar-refractivity contribution in [3.05, 3.63) is 29.3 Å². The number of fused-ring (bicyclic) bond motifs is 1. The van der Waals surface area contributed by atoms with Crippen LogP contribution in [-0.2, 0) is 12.0 Å². The monoisotopic (exact) mass is 317 g/mol. The van der Waals surface area contributed by atoms with Gasteiger partial charge in [0.05, 0.1) is 35.2 Å². The molecule has 0 fully saturated rings. The van der Waals surface area contributed by atoms with Crippen LogP contribution in [0.5, 0.6) is 0 Å². The molecule has 1 aliphatic heterocycles. The first-order valence-corrected chi connectivity index (χ1v) is 6.14. The molecule has 0 aromatic heterocycles. The van der Waals surface area contributed by atoms with Crippen LogP contribution in [-0.4, -0.2) is 11.1 Å². The van der Waals surface area contributed by atoms with Crippen molar-refractivity contribution in [3.63, 3.8) is 0 Å². The van der Waals surface area contributed by atoms with Crippen molar-refractivity contribution in [2.45, 2.75) is 38.8 Å². The average molecular weight is 317 g/mol. The van der Waals surface area contributed by atoms with Gasteiger partial charge >= 0.3 is 0 Å². The number of rotatable bonds is 1. The summed E-state index contributed by atoms with van der Waals surface area (Å²) in [4.78, 5) is 0. The number of anilines is 1. The number of aliphatic hydroxyl groups is 1. The average Bonchev–Trinajstić information content (AvgIpc) is 2.40. The molecule has 3 heteroatoms. The van der Waals surface area contributed by atoms with Crippen LogP contribution in [0.1, 0.15) is 31.9 Å². The molecule has 1 atom stereocenters. The van der Waals surface area contributed by atoms with Crippen LogP contribution in [0.4, 0.5) is 5.69 Å². The van der Waals surface area contributed by atoms with Crippen LogP contribution in [0.15, 0.2) is 18.2 Å². The fraction of sp³-hybridized carbons (Fsp3) is 0.500. The van der Waals surface area contributed by atoms with Crippen LogP contribution in [0.2, 0.25) is 0 Å². The quantitative estimate of drug-likeness (QED) is 0.636. The Morgan fingerprint density at radius 1 is 1.47 bits per heavy atom. The zero-order chi connectivity index (χ0) is 11.2. The van der Waals surface area contributed by atoms with Gasteiger partial charge in [-0.3, -0.25) is 0 Å². The lowest BCUT2D eigenvalue weighted by molar-refractivity contribution is 0.282. The van der Waals surface area contributed by atoms with E-state index in [2.05, 4.69) is 58.9 Å². The predicted octanol–water partition coefficient (Wildman–Crippen LogP) is 3.02. The molecule has 2 nitrogen and oxygen atoms in total. The summed E-state index contributed by atoms with van der Waals surface area (Å²) in [6, 6.07) is 6.74.